The average Bonchev–Trinajstić information content (AvgIpc) is 2.64. The number of nitrogen functional groups attached to an aromatic ring is 1. The molecule has 12 heavy (non-hydrogen) atoms. The third-order valence-electron chi connectivity index (χ3n) is 1.77. The molecule has 2 N–H and O–H groups in total. The lowest BCUT2D eigenvalue weighted by Gasteiger charge is -1.98. The van der Waals surface area contributed by atoms with Gasteiger partial charge < -0.3 is 10.3 Å². The quantitative estimate of drug-likeness (QED) is 0.724. The minimum atomic E-state index is 0.693. The van der Waals surface area contributed by atoms with Gasteiger partial charge in [0.1, 0.15) is 5.82 Å². The van der Waals surface area contributed by atoms with Gasteiger partial charge in [0.05, 0.1) is 11.1 Å². The van der Waals surface area contributed by atoms with Crippen LogP contribution in [0.2, 0.25) is 0 Å². The number of hydrogen-bond donors (Lipinski definition) is 1. The maximum Gasteiger partial charge on any atom is 0.151 e. The number of nitrogens with zero attached hydrogens (tertiary/aromatic N) is 2. The molecule has 0 atom stereocenters. The monoisotopic (exact) mass is 179 g/mol. The predicted molar refractivity (Wildman–Crippen MR) is 50.9 cm³/mol. The van der Waals surface area contributed by atoms with Crippen LogP contribution in [0.15, 0.2) is 23.7 Å². The van der Waals surface area contributed by atoms with Gasteiger partial charge in [-0.3, -0.25) is 0 Å². The molecule has 3 nitrogen and oxygen atoms in total. The van der Waals surface area contributed by atoms with Crippen molar-refractivity contribution in [3.05, 3.63) is 23.7 Å². The smallest absolute Gasteiger partial charge is 0.151 e. The van der Waals surface area contributed by atoms with Crippen LogP contribution in [0.4, 0.5) is 5.82 Å². The molecule has 2 heterocycles. The number of imidazole rings is 1. The van der Waals surface area contributed by atoms with Crippen LogP contribution in [-0.2, 0) is 7.05 Å². The molecule has 0 aromatic carbocycles. The summed E-state index contributed by atoms with van der Waals surface area (Å²) in [5.41, 5.74) is 5.65. The molecule has 0 bridgehead atoms. The van der Waals surface area contributed by atoms with Crippen molar-refractivity contribution in [2.24, 2.45) is 7.05 Å². The highest BCUT2D eigenvalue weighted by molar-refractivity contribution is 7.13. The molecular formula is C8H9N3S. The molecule has 0 aliphatic heterocycles. The summed E-state index contributed by atoms with van der Waals surface area (Å²) in [6, 6.07) is 4.04. The van der Waals surface area contributed by atoms with E-state index in [2.05, 4.69) is 4.98 Å². The van der Waals surface area contributed by atoms with Gasteiger partial charge in [-0.25, -0.2) is 4.98 Å². The van der Waals surface area contributed by atoms with Gasteiger partial charge >= 0.3 is 0 Å². The second kappa shape index (κ2) is 2.64. The van der Waals surface area contributed by atoms with Crippen molar-refractivity contribution in [3.8, 4) is 10.7 Å². The molecule has 0 saturated carbocycles. The van der Waals surface area contributed by atoms with Crippen molar-refractivity contribution < 1.29 is 0 Å². The van der Waals surface area contributed by atoms with Gasteiger partial charge in [-0.05, 0) is 11.4 Å². The lowest BCUT2D eigenvalue weighted by atomic mass is 10.4. The zero-order valence-corrected chi connectivity index (χ0v) is 7.51. The van der Waals surface area contributed by atoms with Crippen LogP contribution in [0, 0.1) is 0 Å². The minimum Gasteiger partial charge on any atom is -0.384 e. The molecule has 4 heteroatoms. The van der Waals surface area contributed by atoms with E-state index in [4.69, 9.17) is 5.73 Å². The molecule has 2 aromatic rings. The minimum absolute atomic E-state index is 0.693. The fourth-order valence-electron chi connectivity index (χ4n) is 1.06. The third kappa shape index (κ3) is 1.00. The van der Waals surface area contributed by atoms with Crippen LogP contribution in [0.5, 0.6) is 0 Å². The largest absolute Gasteiger partial charge is 0.384 e. The topological polar surface area (TPSA) is 43.8 Å². The number of aromatic nitrogens is 2. The number of rotatable bonds is 1. The van der Waals surface area contributed by atoms with Crippen molar-refractivity contribution in [2.45, 2.75) is 0 Å². The van der Waals surface area contributed by atoms with Gasteiger partial charge in [0.2, 0.25) is 0 Å². The zero-order valence-electron chi connectivity index (χ0n) is 6.69. The molecule has 0 unspecified atom stereocenters. The summed E-state index contributed by atoms with van der Waals surface area (Å²) in [5.74, 6) is 1.63. The van der Waals surface area contributed by atoms with Gasteiger partial charge in [-0.15, -0.1) is 11.3 Å². The molecule has 0 fully saturated rings. The van der Waals surface area contributed by atoms with E-state index >= 15 is 0 Å². The van der Waals surface area contributed by atoms with Gasteiger partial charge in [0, 0.05) is 7.05 Å². The lowest BCUT2D eigenvalue weighted by molar-refractivity contribution is 0.940. The van der Waals surface area contributed by atoms with Gasteiger partial charge in [0.15, 0.2) is 5.82 Å². The average molecular weight is 179 g/mol. The van der Waals surface area contributed by atoms with E-state index in [0.29, 0.717) is 5.82 Å². The second-order valence-corrected chi connectivity index (χ2v) is 3.49. The van der Waals surface area contributed by atoms with Gasteiger partial charge in [-0.1, -0.05) is 6.07 Å². The fraction of sp³-hybridized carbons (Fsp3) is 0.125. The van der Waals surface area contributed by atoms with E-state index in [1.807, 2.05) is 29.1 Å². The first-order valence-electron chi connectivity index (χ1n) is 3.60. The Morgan fingerprint density at radius 2 is 2.42 bits per heavy atom. The zero-order chi connectivity index (χ0) is 8.55. The first-order valence-corrected chi connectivity index (χ1v) is 4.48. The Balaban J connectivity index is 2.55. The number of thiophene rings is 1. The fourth-order valence-corrected chi connectivity index (χ4v) is 1.81. The maximum absolute atomic E-state index is 5.65. The van der Waals surface area contributed by atoms with Crippen LogP contribution < -0.4 is 5.73 Å². The van der Waals surface area contributed by atoms with Crippen LogP contribution in [-0.4, -0.2) is 9.55 Å². The SMILES string of the molecule is Cn1c(N)cnc1-c1cccs1. The summed E-state index contributed by atoms with van der Waals surface area (Å²) in [7, 11) is 1.91. The highest BCUT2D eigenvalue weighted by atomic mass is 32.1. The van der Waals surface area contributed by atoms with Crippen LogP contribution in [0.3, 0.4) is 0 Å². The van der Waals surface area contributed by atoms with Crippen LogP contribution in [0.25, 0.3) is 10.7 Å². The van der Waals surface area contributed by atoms with Crippen molar-refractivity contribution in [1.29, 1.82) is 0 Å². The van der Waals surface area contributed by atoms with Crippen molar-refractivity contribution >= 4 is 17.2 Å². The summed E-state index contributed by atoms with van der Waals surface area (Å²) in [6.07, 6.45) is 1.68. The molecule has 2 rings (SSSR count). The summed E-state index contributed by atoms with van der Waals surface area (Å²) in [6.45, 7) is 0. The van der Waals surface area contributed by atoms with E-state index in [0.717, 1.165) is 10.7 Å². The summed E-state index contributed by atoms with van der Waals surface area (Å²) >= 11 is 1.66. The Morgan fingerprint density at radius 1 is 1.58 bits per heavy atom. The summed E-state index contributed by atoms with van der Waals surface area (Å²) in [4.78, 5) is 5.35. The Labute approximate surface area is 74.5 Å². The molecule has 0 aliphatic rings. The normalized spacial score (nSPS) is 10.4. The molecule has 0 saturated heterocycles. The van der Waals surface area contributed by atoms with Gasteiger partial charge in [0.25, 0.3) is 0 Å². The van der Waals surface area contributed by atoms with Crippen molar-refractivity contribution in [3.63, 3.8) is 0 Å². The van der Waals surface area contributed by atoms with Gasteiger partial charge in [-0.2, -0.15) is 0 Å². The van der Waals surface area contributed by atoms with Crippen LogP contribution in [0.1, 0.15) is 0 Å². The first kappa shape index (κ1) is 7.36. The first-order chi connectivity index (χ1) is 5.79. The number of hydrogen-bond acceptors (Lipinski definition) is 3. The van der Waals surface area contributed by atoms with Crippen LogP contribution >= 0.6 is 11.3 Å². The Hall–Kier alpha value is -1.29. The van der Waals surface area contributed by atoms with E-state index < -0.39 is 0 Å². The molecular weight excluding hydrogens is 170 g/mol. The third-order valence-corrected chi connectivity index (χ3v) is 2.63. The molecule has 2 aromatic heterocycles. The van der Waals surface area contributed by atoms with E-state index in [1.165, 1.54) is 0 Å². The second-order valence-electron chi connectivity index (χ2n) is 2.54. The highest BCUT2D eigenvalue weighted by Crippen LogP contribution is 2.23. The molecule has 0 amide bonds. The number of nitrogens with two attached hydrogens (primary N) is 1. The molecule has 0 spiro atoms. The highest BCUT2D eigenvalue weighted by Gasteiger charge is 2.05. The Kier molecular flexibility index (Phi) is 1.62. The molecule has 62 valence electrons. The molecule has 0 radical (unpaired) electrons. The van der Waals surface area contributed by atoms with Crippen molar-refractivity contribution in [1.82, 2.24) is 9.55 Å². The Morgan fingerprint density at radius 3 is 2.92 bits per heavy atom. The standard InChI is InChI=1S/C8H9N3S/c1-11-7(9)5-10-8(11)6-3-2-4-12-6/h2-5H,9H2,1H3. The van der Waals surface area contributed by atoms with E-state index in [1.54, 1.807) is 17.5 Å². The summed E-state index contributed by atoms with van der Waals surface area (Å²) in [5, 5.41) is 2.03. The number of anilines is 1. The maximum atomic E-state index is 5.65. The Bertz CT molecular complexity index is 375. The summed E-state index contributed by atoms with van der Waals surface area (Å²) < 4.78 is 1.88. The van der Waals surface area contributed by atoms with E-state index in [-0.39, 0.29) is 0 Å². The lowest BCUT2D eigenvalue weighted by Crippen LogP contribution is -1.96. The predicted octanol–water partition coefficient (Wildman–Crippen LogP) is 1.73. The molecule has 0 aliphatic carbocycles. The van der Waals surface area contributed by atoms with E-state index in [9.17, 15) is 0 Å². The van der Waals surface area contributed by atoms with Crippen molar-refractivity contribution in [2.75, 3.05) is 5.73 Å².